The molecule has 0 heterocycles. The monoisotopic (exact) mass is 636 g/mol. The van der Waals surface area contributed by atoms with E-state index in [0.717, 1.165) is 12.8 Å². The van der Waals surface area contributed by atoms with Gasteiger partial charge in [0.2, 0.25) is 0 Å². The Balaban J connectivity index is 1.18. The van der Waals surface area contributed by atoms with E-state index < -0.39 is 11.9 Å². The van der Waals surface area contributed by atoms with Crippen LogP contribution in [0.1, 0.15) is 100 Å². The van der Waals surface area contributed by atoms with E-state index in [1.807, 2.05) is 0 Å². The van der Waals surface area contributed by atoms with Gasteiger partial charge in [-0.2, -0.15) is 0 Å². The van der Waals surface area contributed by atoms with Crippen molar-refractivity contribution < 1.29 is 19.4 Å². The number of aliphatic carboxylic acids is 1. The van der Waals surface area contributed by atoms with Crippen LogP contribution in [0.2, 0.25) is 0 Å². The van der Waals surface area contributed by atoms with Gasteiger partial charge in [0.05, 0.1) is 12.8 Å². The van der Waals surface area contributed by atoms with Gasteiger partial charge in [-0.1, -0.05) is 67.7 Å². The molecule has 0 aliphatic heterocycles. The van der Waals surface area contributed by atoms with Crippen LogP contribution >= 0.6 is 0 Å². The molecule has 0 radical (unpaired) electrons. The van der Waals surface area contributed by atoms with Crippen LogP contribution in [-0.4, -0.2) is 23.7 Å². The number of fused-ring (bicyclic) bond motifs is 2. The first kappa shape index (κ1) is 26.0. The number of carbonyl (C=O) groups is 2. The zero-order valence-electron chi connectivity index (χ0n) is 27.2. The average molecular weight is 637 g/mol. The molecule has 236 valence electrons. The number of carbonyl (C=O) groups excluding carboxylic acids is 1. The van der Waals surface area contributed by atoms with Crippen LogP contribution in [0.25, 0.3) is 67.1 Å². The van der Waals surface area contributed by atoms with Crippen LogP contribution in [0, 0.1) is 17.8 Å². The minimum absolute atomic E-state index is 0.0597. The SMILES string of the molecule is CC1C=CC(COC(=O)CCC(=O)O)C2=C3Cc4cc5c6c7c4c3c3c4c8c9c%10c(c47)C6C(C=C5)C=C%10CCC9C=Cc4ccc(c-3c4-8)C21. The molecule has 4 heteroatoms. The molecular weight excluding hydrogens is 604 g/mol. The van der Waals surface area contributed by atoms with E-state index in [0.29, 0.717) is 17.8 Å². The highest BCUT2D eigenvalue weighted by Gasteiger charge is 2.51. The first-order valence-electron chi connectivity index (χ1n) is 18.2. The molecule has 0 bridgehead atoms. The summed E-state index contributed by atoms with van der Waals surface area (Å²) in [6.07, 6.45) is 20.0. The summed E-state index contributed by atoms with van der Waals surface area (Å²) < 4.78 is 5.88. The molecule has 1 N–H and O–H groups in total. The van der Waals surface area contributed by atoms with Gasteiger partial charge < -0.3 is 9.84 Å². The van der Waals surface area contributed by atoms with Crippen LogP contribution in [0.15, 0.2) is 54.2 Å². The Morgan fingerprint density at radius 1 is 0.816 bits per heavy atom. The third-order valence-corrected chi connectivity index (χ3v) is 13.9. The maximum absolute atomic E-state index is 12.8. The van der Waals surface area contributed by atoms with Crippen molar-refractivity contribution in [3.05, 3.63) is 104 Å². The number of rotatable bonds is 5. The lowest BCUT2D eigenvalue weighted by atomic mass is 9.65. The maximum atomic E-state index is 12.8. The van der Waals surface area contributed by atoms with Crippen molar-refractivity contribution in [1.29, 1.82) is 0 Å². The van der Waals surface area contributed by atoms with Gasteiger partial charge in [-0.05, 0) is 136 Å². The highest BCUT2D eigenvalue weighted by Crippen LogP contribution is 2.71. The van der Waals surface area contributed by atoms with E-state index >= 15 is 0 Å². The van der Waals surface area contributed by atoms with Crippen LogP contribution in [0.4, 0.5) is 0 Å². The summed E-state index contributed by atoms with van der Waals surface area (Å²) in [5, 5.41) is 15.3. The Bertz CT molecular complexity index is 2620. The van der Waals surface area contributed by atoms with Gasteiger partial charge in [-0.15, -0.1) is 0 Å². The van der Waals surface area contributed by atoms with Crippen LogP contribution in [0.3, 0.4) is 0 Å². The predicted octanol–water partition coefficient (Wildman–Crippen LogP) is 9.67. The Hall–Kier alpha value is -4.96. The van der Waals surface area contributed by atoms with Crippen molar-refractivity contribution in [2.45, 2.75) is 56.8 Å². The predicted molar refractivity (Wildman–Crippen MR) is 192 cm³/mol. The van der Waals surface area contributed by atoms with Gasteiger partial charge in [0.1, 0.15) is 6.61 Å². The lowest BCUT2D eigenvalue weighted by Gasteiger charge is -2.38. The van der Waals surface area contributed by atoms with Gasteiger partial charge >= 0.3 is 11.9 Å². The van der Waals surface area contributed by atoms with Crippen molar-refractivity contribution in [2.24, 2.45) is 17.8 Å². The van der Waals surface area contributed by atoms with E-state index in [2.05, 4.69) is 67.7 Å². The second-order valence-corrected chi connectivity index (χ2v) is 16.0. The fraction of sp³-hybridized carbons (Fsp3) is 0.289. The van der Waals surface area contributed by atoms with Crippen molar-refractivity contribution in [2.75, 3.05) is 6.61 Å². The van der Waals surface area contributed by atoms with Gasteiger partial charge in [0, 0.05) is 29.6 Å². The summed E-state index contributed by atoms with van der Waals surface area (Å²) in [5.41, 5.74) is 23.9. The second kappa shape index (κ2) is 8.25. The van der Waals surface area contributed by atoms with E-state index in [9.17, 15) is 9.59 Å². The van der Waals surface area contributed by atoms with Crippen LogP contribution in [-0.2, 0) is 20.7 Å². The number of hydrogen-bond donors (Lipinski definition) is 1. The fourth-order valence-electron chi connectivity index (χ4n) is 12.3. The molecule has 0 fully saturated rings. The quantitative estimate of drug-likeness (QED) is 0.119. The number of carboxylic acid groups (broad SMARTS) is 1. The first-order chi connectivity index (χ1) is 24.0. The molecule has 49 heavy (non-hydrogen) atoms. The smallest absolute Gasteiger partial charge is 0.306 e. The Morgan fingerprint density at radius 3 is 2.59 bits per heavy atom. The number of carboxylic acids is 1. The summed E-state index contributed by atoms with van der Waals surface area (Å²) in [7, 11) is 0. The summed E-state index contributed by atoms with van der Waals surface area (Å²) in [6.45, 7) is 2.60. The lowest BCUT2D eigenvalue weighted by Crippen LogP contribution is -2.26. The molecule has 9 aliphatic rings. The van der Waals surface area contributed by atoms with Crippen LogP contribution < -0.4 is 0 Å². The summed E-state index contributed by atoms with van der Waals surface area (Å²) in [6, 6.07) is 7.35. The lowest BCUT2D eigenvalue weighted by molar-refractivity contribution is -0.148. The van der Waals surface area contributed by atoms with Crippen molar-refractivity contribution in [1.82, 2.24) is 0 Å². The van der Waals surface area contributed by atoms with E-state index in [1.54, 1.807) is 33.2 Å². The van der Waals surface area contributed by atoms with Gasteiger partial charge in [0.15, 0.2) is 0 Å². The van der Waals surface area contributed by atoms with Gasteiger partial charge in [0.25, 0.3) is 0 Å². The first-order valence-corrected chi connectivity index (χ1v) is 18.2. The third kappa shape index (κ3) is 2.76. The molecule has 0 spiro atoms. The highest BCUT2D eigenvalue weighted by molar-refractivity contribution is 6.35. The second-order valence-electron chi connectivity index (χ2n) is 16.0. The summed E-state index contributed by atoms with van der Waals surface area (Å²) >= 11 is 0. The molecule has 6 atom stereocenters. The summed E-state index contributed by atoms with van der Waals surface area (Å²) in [4.78, 5) is 23.9. The average Bonchev–Trinajstić information content (AvgIpc) is 3.70. The maximum Gasteiger partial charge on any atom is 0.306 e. The highest BCUT2D eigenvalue weighted by atomic mass is 16.5. The topological polar surface area (TPSA) is 63.6 Å². The zero-order chi connectivity index (χ0) is 32.2. The Labute approximate surface area is 283 Å². The molecule has 4 aromatic rings. The molecule has 4 nitrogen and oxygen atoms in total. The summed E-state index contributed by atoms with van der Waals surface area (Å²) in [5.74, 6) is 0.223. The molecule has 13 rings (SSSR count). The molecule has 9 aliphatic carbocycles. The number of esters is 1. The minimum atomic E-state index is -0.977. The Kier molecular flexibility index (Phi) is 4.37. The van der Waals surface area contributed by atoms with Crippen molar-refractivity contribution in [3.8, 4) is 22.3 Å². The fourth-order valence-corrected chi connectivity index (χ4v) is 12.3. The van der Waals surface area contributed by atoms with Crippen LogP contribution in [0.5, 0.6) is 0 Å². The van der Waals surface area contributed by atoms with E-state index in [4.69, 9.17) is 9.84 Å². The number of allylic oxidation sites excluding steroid dienone is 6. The largest absolute Gasteiger partial charge is 0.481 e. The molecule has 0 saturated heterocycles. The Morgan fingerprint density at radius 2 is 1.69 bits per heavy atom. The number of benzene rings is 4. The molecular formula is C45H32O4. The normalized spacial score (nSPS) is 27.7. The molecule has 6 unspecified atom stereocenters. The van der Waals surface area contributed by atoms with Crippen molar-refractivity contribution in [3.63, 3.8) is 0 Å². The van der Waals surface area contributed by atoms with E-state index in [1.165, 1.54) is 83.8 Å². The zero-order valence-corrected chi connectivity index (χ0v) is 27.2. The molecule has 4 aromatic carbocycles. The van der Waals surface area contributed by atoms with Crippen molar-refractivity contribution >= 4 is 56.8 Å². The number of hydrogen-bond acceptors (Lipinski definition) is 3. The standard InChI is InChI=1S/C45H32O4/c1-18-2-3-24(17-49-29(48)13-12-28(46)47)31-27-16-25-15-23-9-8-22-14-21-7-6-19-4-5-20-10-11-26(30(18)31)38-33(20)40-32(19)34(21)41-35(22)36(23)42-37(25)39(27)43(38)45(40)44(41)42/h2-5,8-11,14-15,18-19,22,24,30,35H,6-7,12-13,16-17H2,1H3,(H,46,47). The minimum Gasteiger partial charge on any atom is -0.481 e. The number of ether oxygens (including phenoxy) is 1. The molecule has 0 aromatic heterocycles. The van der Waals surface area contributed by atoms with Gasteiger partial charge in [-0.25, -0.2) is 0 Å². The third-order valence-electron chi connectivity index (χ3n) is 13.9. The van der Waals surface area contributed by atoms with Gasteiger partial charge in [-0.3, -0.25) is 9.59 Å². The molecule has 0 amide bonds. The van der Waals surface area contributed by atoms with E-state index in [-0.39, 0.29) is 37.2 Å². The molecule has 0 saturated carbocycles.